The smallest absolute Gasteiger partial charge is 0.226 e. The summed E-state index contributed by atoms with van der Waals surface area (Å²) in [6.07, 6.45) is 1.99. The average Bonchev–Trinajstić information content (AvgIpc) is 3.31. The molecule has 1 aromatic carbocycles. The highest BCUT2D eigenvalue weighted by molar-refractivity contribution is 9.10. The van der Waals surface area contributed by atoms with E-state index in [9.17, 15) is 4.79 Å². The van der Waals surface area contributed by atoms with Crippen molar-refractivity contribution in [3.05, 3.63) is 45.7 Å². The molecule has 0 aliphatic rings. The van der Waals surface area contributed by atoms with Gasteiger partial charge in [-0.3, -0.25) is 4.79 Å². The number of rotatable bonds is 8. The van der Waals surface area contributed by atoms with Crippen molar-refractivity contribution in [2.75, 3.05) is 11.9 Å². The van der Waals surface area contributed by atoms with E-state index in [-0.39, 0.29) is 5.91 Å². The van der Waals surface area contributed by atoms with Gasteiger partial charge >= 0.3 is 0 Å². The van der Waals surface area contributed by atoms with Gasteiger partial charge in [0.25, 0.3) is 0 Å². The Balaban J connectivity index is 1.42. The molecule has 26 heavy (non-hydrogen) atoms. The van der Waals surface area contributed by atoms with E-state index < -0.39 is 0 Å². The summed E-state index contributed by atoms with van der Waals surface area (Å²) in [7, 11) is 0. The van der Waals surface area contributed by atoms with Crippen molar-refractivity contribution < 1.29 is 9.53 Å². The van der Waals surface area contributed by atoms with E-state index >= 15 is 0 Å². The number of anilines is 1. The minimum Gasteiger partial charge on any atom is -0.492 e. The number of halogens is 1. The zero-order valence-corrected chi connectivity index (χ0v) is 17.4. The standard InChI is InChI=1S/C18H18BrN3O2S2/c1-2-12-7-8-14(13(19)11-12)24-9-3-6-16(23)20-18-22-21-17(26-18)15-5-4-10-25-15/h4-5,7-8,10-11H,2-3,6,9H2,1H3,(H,20,22,23). The molecule has 1 N–H and O–H groups in total. The molecule has 3 aromatic rings. The van der Waals surface area contributed by atoms with E-state index in [0.717, 1.165) is 26.5 Å². The third-order valence-corrected chi connectivity index (χ3v) is 6.11. The largest absolute Gasteiger partial charge is 0.492 e. The van der Waals surface area contributed by atoms with Gasteiger partial charge < -0.3 is 10.1 Å². The summed E-state index contributed by atoms with van der Waals surface area (Å²) in [5, 5.41) is 14.3. The number of thiophene rings is 1. The molecule has 0 radical (unpaired) electrons. The number of carbonyl (C=O) groups is 1. The number of nitrogens with zero attached hydrogens (tertiary/aromatic N) is 2. The first kappa shape index (κ1) is 19.0. The quantitative estimate of drug-likeness (QED) is 0.466. The fourth-order valence-electron chi connectivity index (χ4n) is 2.25. The summed E-state index contributed by atoms with van der Waals surface area (Å²) in [6, 6.07) is 10.0. The van der Waals surface area contributed by atoms with Gasteiger partial charge in [0.05, 0.1) is 16.0 Å². The van der Waals surface area contributed by atoms with Crippen molar-refractivity contribution in [1.29, 1.82) is 0 Å². The van der Waals surface area contributed by atoms with Crippen molar-refractivity contribution >= 4 is 49.6 Å². The highest BCUT2D eigenvalue weighted by Gasteiger charge is 2.10. The summed E-state index contributed by atoms with van der Waals surface area (Å²) >= 11 is 6.49. The van der Waals surface area contributed by atoms with Crippen LogP contribution in [-0.4, -0.2) is 22.7 Å². The molecule has 0 spiro atoms. The number of aryl methyl sites for hydroxylation is 1. The number of amides is 1. The van der Waals surface area contributed by atoms with Crippen molar-refractivity contribution in [2.45, 2.75) is 26.2 Å². The fourth-order valence-corrected chi connectivity index (χ4v) is 4.34. The van der Waals surface area contributed by atoms with E-state index in [1.54, 1.807) is 11.3 Å². The van der Waals surface area contributed by atoms with Crippen molar-refractivity contribution in [1.82, 2.24) is 10.2 Å². The van der Waals surface area contributed by atoms with E-state index in [1.807, 2.05) is 29.6 Å². The molecule has 0 aliphatic heterocycles. The number of carbonyl (C=O) groups excluding carboxylic acids is 1. The first-order valence-corrected chi connectivity index (χ1v) is 10.7. The summed E-state index contributed by atoms with van der Waals surface area (Å²) < 4.78 is 6.68. The molecular weight excluding hydrogens is 434 g/mol. The van der Waals surface area contributed by atoms with E-state index in [1.165, 1.54) is 16.9 Å². The number of benzene rings is 1. The maximum Gasteiger partial charge on any atom is 0.226 e. The SMILES string of the molecule is CCc1ccc(OCCCC(=O)Nc2nnc(-c3cccs3)s2)c(Br)c1. The van der Waals surface area contributed by atoms with Gasteiger partial charge in [-0.1, -0.05) is 30.4 Å². The lowest BCUT2D eigenvalue weighted by atomic mass is 10.2. The zero-order valence-electron chi connectivity index (χ0n) is 14.2. The Morgan fingerprint density at radius 1 is 1.31 bits per heavy atom. The number of nitrogens with one attached hydrogen (secondary N) is 1. The highest BCUT2D eigenvalue weighted by atomic mass is 79.9. The number of hydrogen-bond donors (Lipinski definition) is 1. The number of ether oxygens (including phenoxy) is 1. The molecule has 0 aliphatic carbocycles. The average molecular weight is 452 g/mol. The molecule has 3 rings (SSSR count). The number of hydrogen-bond acceptors (Lipinski definition) is 6. The Bertz CT molecular complexity index is 865. The van der Waals surface area contributed by atoms with Gasteiger partial charge in [-0.15, -0.1) is 21.5 Å². The van der Waals surface area contributed by atoms with E-state index in [2.05, 4.69) is 44.4 Å². The maximum absolute atomic E-state index is 12.0. The minimum absolute atomic E-state index is 0.0807. The zero-order chi connectivity index (χ0) is 18.4. The summed E-state index contributed by atoms with van der Waals surface area (Å²) in [5.41, 5.74) is 1.25. The third kappa shape index (κ3) is 5.12. The molecule has 0 saturated carbocycles. The van der Waals surface area contributed by atoms with Crippen molar-refractivity contribution in [3.8, 4) is 15.6 Å². The van der Waals surface area contributed by atoms with Gasteiger partial charge in [0.15, 0.2) is 5.01 Å². The van der Waals surface area contributed by atoms with E-state index in [0.29, 0.717) is 24.6 Å². The molecule has 2 aromatic heterocycles. The second kappa shape index (κ2) is 9.25. The third-order valence-electron chi connectivity index (χ3n) is 3.61. The van der Waals surface area contributed by atoms with Crippen LogP contribution >= 0.6 is 38.6 Å². The Morgan fingerprint density at radius 3 is 2.92 bits per heavy atom. The summed E-state index contributed by atoms with van der Waals surface area (Å²) in [6.45, 7) is 2.59. The summed E-state index contributed by atoms with van der Waals surface area (Å²) in [4.78, 5) is 13.1. The van der Waals surface area contributed by atoms with Gasteiger partial charge in [0.2, 0.25) is 11.0 Å². The predicted molar refractivity (Wildman–Crippen MR) is 110 cm³/mol. The fraction of sp³-hybridized carbons (Fsp3) is 0.278. The van der Waals surface area contributed by atoms with Gasteiger partial charge in [-0.2, -0.15) is 0 Å². The lowest BCUT2D eigenvalue weighted by molar-refractivity contribution is -0.116. The molecule has 0 bridgehead atoms. The Labute approximate surface area is 168 Å². The van der Waals surface area contributed by atoms with Gasteiger partial charge in [-0.05, 0) is 57.9 Å². The van der Waals surface area contributed by atoms with Crippen LogP contribution in [0.1, 0.15) is 25.3 Å². The first-order valence-electron chi connectivity index (χ1n) is 8.24. The molecule has 5 nitrogen and oxygen atoms in total. The van der Waals surface area contributed by atoms with Gasteiger partial charge in [0, 0.05) is 6.42 Å². The van der Waals surface area contributed by atoms with Crippen LogP contribution in [0.2, 0.25) is 0 Å². The molecule has 0 saturated heterocycles. The Morgan fingerprint density at radius 2 is 2.19 bits per heavy atom. The molecule has 0 unspecified atom stereocenters. The normalized spacial score (nSPS) is 10.7. The van der Waals surface area contributed by atoms with Crippen LogP contribution in [0.4, 0.5) is 5.13 Å². The Hall–Kier alpha value is -1.77. The molecule has 0 fully saturated rings. The van der Waals surface area contributed by atoms with Crippen LogP contribution in [-0.2, 0) is 11.2 Å². The molecule has 2 heterocycles. The van der Waals surface area contributed by atoms with Crippen molar-refractivity contribution in [2.24, 2.45) is 0 Å². The van der Waals surface area contributed by atoms with E-state index in [4.69, 9.17) is 4.74 Å². The van der Waals surface area contributed by atoms with Crippen LogP contribution in [0.3, 0.4) is 0 Å². The number of aromatic nitrogens is 2. The predicted octanol–water partition coefficient (Wildman–Crippen LogP) is 5.39. The Kier molecular flexibility index (Phi) is 6.76. The van der Waals surface area contributed by atoms with Crippen LogP contribution in [0, 0.1) is 0 Å². The minimum atomic E-state index is -0.0807. The van der Waals surface area contributed by atoms with Crippen LogP contribution in [0.25, 0.3) is 9.88 Å². The van der Waals surface area contributed by atoms with Crippen LogP contribution in [0.15, 0.2) is 40.2 Å². The van der Waals surface area contributed by atoms with Gasteiger partial charge in [0.1, 0.15) is 5.75 Å². The highest BCUT2D eigenvalue weighted by Crippen LogP contribution is 2.30. The monoisotopic (exact) mass is 451 g/mol. The topological polar surface area (TPSA) is 64.1 Å². The molecule has 136 valence electrons. The molecule has 8 heteroatoms. The maximum atomic E-state index is 12.0. The summed E-state index contributed by atoms with van der Waals surface area (Å²) in [5.74, 6) is 0.718. The van der Waals surface area contributed by atoms with Crippen LogP contribution in [0.5, 0.6) is 5.75 Å². The second-order valence-electron chi connectivity index (χ2n) is 5.51. The first-order chi connectivity index (χ1) is 12.7. The molecular formula is C18H18BrN3O2S2. The lowest BCUT2D eigenvalue weighted by Gasteiger charge is -2.09. The lowest BCUT2D eigenvalue weighted by Crippen LogP contribution is -2.12. The van der Waals surface area contributed by atoms with Crippen molar-refractivity contribution in [3.63, 3.8) is 0 Å². The van der Waals surface area contributed by atoms with Gasteiger partial charge in [-0.25, -0.2) is 0 Å². The second-order valence-corrected chi connectivity index (χ2v) is 8.29. The van der Waals surface area contributed by atoms with Crippen LogP contribution < -0.4 is 10.1 Å². The molecule has 0 atom stereocenters. The molecule has 1 amide bonds.